The summed E-state index contributed by atoms with van der Waals surface area (Å²) >= 11 is 3.36. The van der Waals surface area contributed by atoms with Crippen LogP contribution in [0.25, 0.3) is 0 Å². The molecule has 1 N–H and O–H groups in total. The molecular formula is C14H16BrNO5. The highest BCUT2D eigenvalue weighted by molar-refractivity contribution is 9.10. The molecule has 1 aliphatic heterocycles. The van der Waals surface area contributed by atoms with Crippen LogP contribution in [0.4, 0.5) is 0 Å². The van der Waals surface area contributed by atoms with E-state index in [0.717, 1.165) is 0 Å². The van der Waals surface area contributed by atoms with E-state index in [2.05, 4.69) is 15.9 Å². The average molecular weight is 358 g/mol. The van der Waals surface area contributed by atoms with Crippen LogP contribution in [0.1, 0.15) is 24.9 Å². The van der Waals surface area contributed by atoms with E-state index in [1.165, 1.54) is 4.90 Å². The van der Waals surface area contributed by atoms with Crippen LogP contribution >= 0.6 is 15.9 Å². The molecule has 2 rings (SSSR count). The molecule has 0 aromatic heterocycles. The molecule has 0 spiro atoms. The van der Waals surface area contributed by atoms with Gasteiger partial charge in [-0.05, 0) is 40.0 Å². The van der Waals surface area contributed by atoms with Gasteiger partial charge in [-0.15, -0.1) is 0 Å². The standard InChI is InChI=1S/C14H16BrNO5/c1-2-3-16(8-17)12(14(18)19)9-6-10(15)13-11(7-9)20-4-5-21-13/h6-8,12H,2-5H2,1H3,(H,18,19). The number of carboxylic acid groups (broad SMARTS) is 1. The fourth-order valence-corrected chi connectivity index (χ4v) is 2.84. The van der Waals surface area contributed by atoms with E-state index in [4.69, 9.17) is 9.47 Å². The van der Waals surface area contributed by atoms with E-state index >= 15 is 0 Å². The molecule has 7 heteroatoms. The van der Waals surface area contributed by atoms with Gasteiger partial charge in [0.25, 0.3) is 0 Å². The molecular weight excluding hydrogens is 342 g/mol. The minimum atomic E-state index is -1.08. The Bertz CT molecular complexity index is 548. The van der Waals surface area contributed by atoms with Gasteiger partial charge in [-0.3, -0.25) is 4.79 Å². The molecule has 0 radical (unpaired) electrons. The number of halogens is 1. The number of carboxylic acids is 1. The summed E-state index contributed by atoms with van der Waals surface area (Å²) in [5.41, 5.74) is 0.471. The Kier molecular flexibility index (Phi) is 5.06. The Morgan fingerprint density at radius 2 is 2.19 bits per heavy atom. The quantitative estimate of drug-likeness (QED) is 0.790. The van der Waals surface area contributed by atoms with Crippen molar-refractivity contribution in [2.45, 2.75) is 19.4 Å². The predicted molar refractivity (Wildman–Crippen MR) is 78.6 cm³/mol. The monoisotopic (exact) mass is 357 g/mol. The van der Waals surface area contributed by atoms with Gasteiger partial charge in [-0.2, -0.15) is 0 Å². The molecule has 114 valence electrons. The van der Waals surface area contributed by atoms with Crippen molar-refractivity contribution in [2.24, 2.45) is 0 Å². The van der Waals surface area contributed by atoms with E-state index < -0.39 is 12.0 Å². The van der Waals surface area contributed by atoms with Gasteiger partial charge in [0.1, 0.15) is 13.2 Å². The summed E-state index contributed by atoms with van der Waals surface area (Å²) in [4.78, 5) is 24.0. The second-order valence-electron chi connectivity index (χ2n) is 4.61. The number of fused-ring (bicyclic) bond motifs is 1. The zero-order valence-electron chi connectivity index (χ0n) is 11.5. The second kappa shape index (κ2) is 6.80. The number of ether oxygens (including phenoxy) is 2. The molecule has 1 aliphatic rings. The minimum Gasteiger partial charge on any atom is -0.486 e. The SMILES string of the molecule is CCCN(C=O)C(C(=O)O)c1cc(Br)c2c(c1)OCCO2. The smallest absolute Gasteiger partial charge is 0.331 e. The molecule has 1 aromatic carbocycles. The van der Waals surface area contributed by atoms with Crippen LogP contribution in [0.5, 0.6) is 11.5 Å². The summed E-state index contributed by atoms with van der Waals surface area (Å²) in [6, 6.07) is 2.22. The van der Waals surface area contributed by atoms with Crippen LogP contribution in [-0.2, 0) is 9.59 Å². The maximum atomic E-state index is 11.6. The normalized spacial score (nSPS) is 14.4. The Balaban J connectivity index is 2.43. The number of benzene rings is 1. The van der Waals surface area contributed by atoms with E-state index in [0.29, 0.717) is 54.1 Å². The molecule has 0 aliphatic carbocycles. The molecule has 0 saturated heterocycles. The van der Waals surface area contributed by atoms with Gasteiger partial charge in [0.15, 0.2) is 17.5 Å². The van der Waals surface area contributed by atoms with Crippen molar-refractivity contribution in [3.63, 3.8) is 0 Å². The largest absolute Gasteiger partial charge is 0.486 e. The Labute approximate surface area is 130 Å². The van der Waals surface area contributed by atoms with E-state index in [1.807, 2.05) is 6.92 Å². The molecule has 0 bridgehead atoms. The second-order valence-corrected chi connectivity index (χ2v) is 5.47. The molecule has 1 atom stereocenters. The van der Waals surface area contributed by atoms with E-state index in [1.54, 1.807) is 12.1 Å². The van der Waals surface area contributed by atoms with Gasteiger partial charge in [0, 0.05) is 6.54 Å². The molecule has 0 saturated carbocycles. The number of hydrogen-bond acceptors (Lipinski definition) is 4. The van der Waals surface area contributed by atoms with Crippen LogP contribution < -0.4 is 9.47 Å². The number of carbonyl (C=O) groups excluding carboxylic acids is 1. The molecule has 1 aromatic rings. The zero-order chi connectivity index (χ0) is 15.4. The van der Waals surface area contributed by atoms with Crippen LogP contribution in [0.2, 0.25) is 0 Å². The number of hydrogen-bond donors (Lipinski definition) is 1. The van der Waals surface area contributed by atoms with Gasteiger partial charge in [0.05, 0.1) is 4.47 Å². The lowest BCUT2D eigenvalue weighted by molar-refractivity contribution is -0.146. The lowest BCUT2D eigenvalue weighted by Crippen LogP contribution is -2.33. The van der Waals surface area contributed by atoms with Gasteiger partial charge < -0.3 is 19.5 Å². The summed E-state index contributed by atoms with van der Waals surface area (Å²) in [7, 11) is 0. The zero-order valence-corrected chi connectivity index (χ0v) is 13.1. The third-order valence-corrected chi connectivity index (χ3v) is 3.71. The van der Waals surface area contributed by atoms with Gasteiger partial charge in [-0.1, -0.05) is 6.92 Å². The van der Waals surface area contributed by atoms with Crippen LogP contribution in [0, 0.1) is 0 Å². The molecule has 1 amide bonds. The average Bonchev–Trinajstić information content (AvgIpc) is 2.46. The lowest BCUT2D eigenvalue weighted by Gasteiger charge is -2.27. The molecule has 1 heterocycles. The van der Waals surface area contributed by atoms with Crippen molar-refractivity contribution in [1.82, 2.24) is 4.90 Å². The van der Waals surface area contributed by atoms with E-state index in [9.17, 15) is 14.7 Å². The first kappa shape index (κ1) is 15.6. The maximum Gasteiger partial charge on any atom is 0.331 e. The Morgan fingerprint density at radius 1 is 1.48 bits per heavy atom. The van der Waals surface area contributed by atoms with Crippen molar-refractivity contribution in [3.05, 3.63) is 22.2 Å². The Hall–Kier alpha value is -1.76. The van der Waals surface area contributed by atoms with Gasteiger partial charge >= 0.3 is 5.97 Å². The van der Waals surface area contributed by atoms with Gasteiger partial charge in [0.2, 0.25) is 6.41 Å². The molecule has 21 heavy (non-hydrogen) atoms. The third-order valence-electron chi connectivity index (χ3n) is 3.12. The third kappa shape index (κ3) is 3.29. The molecule has 6 nitrogen and oxygen atoms in total. The first-order chi connectivity index (χ1) is 10.1. The summed E-state index contributed by atoms with van der Waals surface area (Å²) in [6.45, 7) is 3.11. The van der Waals surface area contributed by atoms with Crippen molar-refractivity contribution in [2.75, 3.05) is 19.8 Å². The fourth-order valence-electron chi connectivity index (χ4n) is 2.27. The first-order valence-corrected chi connectivity index (χ1v) is 7.40. The topological polar surface area (TPSA) is 76.1 Å². The van der Waals surface area contributed by atoms with E-state index in [-0.39, 0.29) is 0 Å². The van der Waals surface area contributed by atoms with Crippen LogP contribution in [0.15, 0.2) is 16.6 Å². The van der Waals surface area contributed by atoms with Crippen molar-refractivity contribution in [1.29, 1.82) is 0 Å². The summed E-state index contributed by atoms with van der Waals surface area (Å²) < 4.78 is 11.6. The van der Waals surface area contributed by atoms with Crippen molar-refractivity contribution in [3.8, 4) is 11.5 Å². The Morgan fingerprint density at radius 3 is 2.81 bits per heavy atom. The lowest BCUT2D eigenvalue weighted by atomic mass is 10.0. The predicted octanol–water partition coefficient (Wildman–Crippen LogP) is 2.21. The summed E-state index contributed by atoms with van der Waals surface area (Å²) in [6.07, 6.45) is 1.24. The number of carbonyl (C=O) groups is 2. The summed E-state index contributed by atoms with van der Waals surface area (Å²) in [5.74, 6) is -0.0411. The molecule has 1 unspecified atom stereocenters. The maximum absolute atomic E-state index is 11.6. The van der Waals surface area contributed by atoms with Crippen LogP contribution in [0.3, 0.4) is 0 Å². The van der Waals surface area contributed by atoms with Crippen molar-refractivity contribution >= 4 is 28.3 Å². The van der Waals surface area contributed by atoms with Crippen LogP contribution in [-0.4, -0.2) is 42.1 Å². The van der Waals surface area contributed by atoms with Gasteiger partial charge in [-0.25, -0.2) is 4.79 Å². The molecule has 0 fully saturated rings. The number of aliphatic carboxylic acids is 1. The first-order valence-electron chi connectivity index (χ1n) is 6.61. The fraction of sp³-hybridized carbons (Fsp3) is 0.429. The minimum absolute atomic E-state index is 0.368. The highest BCUT2D eigenvalue weighted by Gasteiger charge is 2.29. The highest BCUT2D eigenvalue weighted by Crippen LogP contribution is 2.40. The van der Waals surface area contributed by atoms with Crippen molar-refractivity contribution < 1.29 is 24.2 Å². The highest BCUT2D eigenvalue weighted by atomic mass is 79.9. The summed E-state index contributed by atoms with van der Waals surface area (Å²) in [5, 5.41) is 9.46. The number of amides is 1. The number of nitrogens with zero attached hydrogens (tertiary/aromatic N) is 1. The number of rotatable bonds is 6.